The van der Waals surface area contributed by atoms with Gasteiger partial charge in [-0.3, -0.25) is 19.6 Å². The van der Waals surface area contributed by atoms with Crippen molar-refractivity contribution in [2.75, 3.05) is 26.7 Å². The topological polar surface area (TPSA) is 90.1 Å². The van der Waals surface area contributed by atoms with E-state index in [-0.39, 0.29) is 17.9 Å². The number of amides is 2. The molecule has 0 atom stereocenters. The second kappa shape index (κ2) is 6.78. The third kappa shape index (κ3) is 3.50. The normalized spacial score (nSPS) is 16.4. The number of hydrogen-bond donors (Lipinski definition) is 3. The largest absolute Gasteiger partial charge is 0.358 e. The monoisotopic (exact) mass is 315 g/mol. The van der Waals surface area contributed by atoms with Gasteiger partial charge in [0.05, 0.1) is 12.1 Å². The zero-order valence-corrected chi connectivity index (χ0v) is 13.1. The summed E-state index contributed by atoms with van der Waals surface area (Å²) in [5.74, 6) is -0.123. The van der Waals surface area contributed by atoms with Crippen LogP contribution in [-0.2, 0) is 4.79 Å². The van der Waals surface area contributed by atoms with Crippen LogP contribution in [0.4, 0.5) is 0 Å². The number of aromatic nitrogens is 2. The number of carbonyl (C=O) groups excluding carboxylic acids is 2. The van der Waals surface area contributed by atoms with E-state index >= 15 is 0 Å². The average molecular weight is 315 g/mol. The molecule has 2 aromatic rings. The highest BCUT2D eigenvalue weighted by atomic mass is 16.2. The molecule has 0 bridgehead atoms. The molecule has 23 heavy (non-hydrogen) atoms. The van der Waals surface area contributed by atoms with E-state index in [1.54, 1.807) is 7.05 Å². The zero-order valence-electron chi connectivity index (χ0n) is 13.1. The van der Waals surface area contributed by atoms with Crippen LogP contribution in [0.5, 0.6) is 0 Å². The Morgan fingerprint density at radius 3 is 2.78 bits per heavy atom. The van der Waals surface area contributed by atoms with Gasteiger partial charge in [-0.05, 0) is 18.9 Å². The van der Waals surface area contributed by atoms with Crippen molar-refractivity contribution in [2.24, 2.45) is 0 Å². The second-order valence-corrected chi connectivity index (χ2v) is 5.81. The van der Waals surface area contributed by atoms with Crippen molar-refractivity contribution in [3.8, 4) is 0 Å². The van der Waals surface area contributed by atoms with E-state index in [0.29, 0.717) is 12.2 Å². The molecule has 1 aliphatic heterocycles. The number of carbonyl (C=O) groups is 2. The van der Waals surface area contributed by atoms with Gasteiger partial charge in [0.1, 0.15) is 0 Å². The first-order valence-corrected chi connectivity index (χ1v) is 7.84. The molecule has 3 N–H and O–H groups in total. The van der Waals surface area contributed by atoms with Gasteiger partial charge in [0.2, 0.25) is 5.91 Å². The first-order valence-electron chi connectivity index (χ1n) is 7.84. The smallest absolute Gasteiger partial charge is 0.272 e. The molecule has 2 heterocycles. The summed E-state index contributed by atoms with van der Waals surface area (Å²) in [6.45, 7) is 2.03. The summed E-state index contributed by atoms with van der Waals surface area (Å²) < 4.78 is 0. The number of nitrogens with zero attached hydrogens (tertiary/aromatic N) is 2. The van der Waals surface area contributed by atoms with Crippen molar-refractivity contribution in [2.45, 2.75) is 18.9 Å². The number of likely N-dealkylation sites (N-methyl/N-ethyl adjacent to an activating group) is 1. The fraction of sp³-hybridized carbons (Fsp3) is 0.438. The van der Waals surface area contributed by atoms with Gasteiger partial charge < -0.3 is 10.6 Å². The fourth-order valence-corrected chi connectivity index (χ4v) is 2.91. The van der Waals surface area contributed by atoms with Crippen LogP contribution in [0.2, 0.25) is 0 Å². The number of likely N-dealkylation sites (tertiary alicyclic amines) is 1. The minimum Gasteiger partial charge on any atom is -0.358 e. The summed E-state index contributed by atoms with van der Waals surface area (Å²) in [6, 6.07) is 7.71. The van der Waals surface area contributed by atoms with E-state index in [4.69, 9.17) is 0 Å². The maximum Gasteiger partial charge on any atom is 0.272 e. The molecule has 1 aromatic heterocycles. The molecule has 122 valence electrons. The number of hydrogen-bond acceptors (Lipinski definition) is 4. The van der Waals surface area contributed by atoms with E-state index in [9.17, 15) is 9.59 Å². The van der Waals surface area contributed by atoms with Crippen molar-refractivity contribution in [1.82, 2.24) is 25.7 Å². The maximum absolute atomic E-state index is 12.4. The summed E-state index contributed by atoms with van der Waals surface area (Å²) in [7, 11) is 1.64. The molecule has 3 rings (SSSR count). The Balaban J connectivity index is 1.56. The number of fused-ring (bicyclic) bond motifs is 1. The summed E-state index contributed by atoms with van der Waals surface area (Å²) in [5.41, 5.74) is 1.30. The van der Waals surface area contributed by atoms with Crippen LogP contribution in [0, 0.1) is 0 Å². The van der Waals surface area contributed by atoms with Crippen LogP contribution in [0.3, 0.4) is 0 Å². The quantitative estimate of drug-likeness (QED) is 0.766. The van der Waals surface area contributed by atoms with Crippen molar-refractivity contribution < 1.29 is 9.59 Å². The predicted octanol–water partition coefficient (Wildman–Crippen LogP) is 0.503. The molecule has 0 unspecified atom stereocenters. The van der Waals surface area contributed by atoms with Crippen LogP contribution in [0.25, 0.3) is 10.9 Å². The van der Waals surface area contributed by atoms with Crippen molar-refractivity contribution in [3.63, 3.8) is 0 Å². The molecule has 0 spiro atoms. The van der Waals surface area contributed by atoms with Gasteiger partial charge in [-0.2, -0.15) is 5.10 Å². The number of nitrogens with one attached hydrogen (secondary N) is 3. The third-order valence-electron chi connectivity index (χ3n) is 4.25. The highest BCUT2D eigenvalue weighted by Crippen LogP contribution is 2.16. The highest BCUT2D eigenvalue weighted by molar-refractivity contribution is 6.04. The number of benzene rings is 1. The molecular formula is C16H21N5O2. The molecule has 0 saturated carbocycles. The van der Waals surface area contributed by atoms with Crippen molar-refractivity contribution in [3.05, 3.63) is 30.0 Å². The summed E-state index contributed by atoms with van der Waals surface area (Å²) in [4.78, 5) is 25.9. The van der Waals surface area contributed by atoms with Gasteiger partial charge in [-0.1, -0.05) is 18.2 Å². The van der Waals surface area contributed by atoms with Gasteiger partial charge in [-0.25, -0.2) is 0 Å². The number of para-hydroxylation sites is 1. The Morgan fingerprint density at radius 2 is 2.04 bits per heavy atom. The Kier molecular flexibility index (Phi) is 4.57. The number of aromatic amines is 1. The molecule has 1 aliphatic rings. The Bertz CT molecular complexity index is 703. The average Bonchev–Trinajstić information content (AvgIpc) is 3.00. The van der Waals surface area contributed by atoms with Crippen molar-refractivity contribution in [1.29, 1.82) is 0 Å². The van der Waals surface area contributed by atoms with Crippen LogP contribution in [0.1, 0.15) is 23.3 Å². The van der Waals surface area contributed by atoms with E-state index in [1.165, 1.54) is 0 Å². The number of piperidine rings is 1. The summed E-state index contributed by atoms with van der Waals surface area (Å²) in [5, 5.41) is 13.5. The maximum atomic E-state index is 12.4. The molecule has 7 heteroatoms. The van der Waals surface area contributed by atoms with Gasteiger partial charge in [0.25, 0.3) is 5.91 Å². The van der Waals surface area contributed by atoms with E-state index in [0.717, 1.165) is 36.8 Å². The van der Waals surface area contributed by atoms with E-state index in [1.807, 2.05) is 24.3 Å². The molecule has 1 saturated heterocycles. The highest BCUT2D eigenvalue weighted by Gasteiger charge is 2.23. The van der Waals surface area contributed by atoms with Gasteiger partial charge >= 0.3 is 0 Å². The fourth-order valence-electron chi connectivity index (χ4n) is 2.91. The Morgan fingerprint density at radius 1 is 1.30 bits per heavy atom. The van der Waals surface area contributed by atoms with E-state index < -0.39 is 0 Å². The molecule has 1 fully saturated rings. The van der Waals surface area contributed by atoms with Crippen LogP contribution in [-0.4, -0.2) is 59.6 Å². The first kappa shape index (κ1) is 15.5. The predicted molar refractivity (Wildman–Crippen MR) is 87.1 cm³/mol. The number of rotatable bonds is 4. The standard InChI is InChI=1S/C16H21N5O2/c1-17-14(22)10-21-8-6-11(7-9-21)18-16(23)15-12-4-2-3-5-13(12)19-20-15/h2-5,11H,6-10H2,1H3,(H,17,22)(H,18,23)(H,19,20). The molecule has 7 nitrogen and oxygen atoms in total. The lowest BCUT2D eigenvalue weighted by molar-refractivity contribution is -0.122. The molecule has 0 aliphatic carbocycles. The summed E-state index contributed by atoms with van der Waals surface area (Å²) >= 11 is 0. The minimum absolute atomic E-state index is 0.0236. The minimum atomic E-state index is -0.146. The third-order valence-corrected chi connectivity index (χ3v) is 4.25. The first-order chi connectivity index (χ1) is 11.2. The van der Waals surface area contributed by atoms with Crippen LogP contribution >= 0.6 is 0 Å². The van der Waals surface area contributed by atoms with Gasteiger partial charge in [0, 0.05) is 31.6 Å². The lowest BCUT2D eigenvalue weighted by atomic mass is 10.0. The molecule has 0 radical (unpaired) electrons. The van der Waals surface area contributed by atoms with Crippen LogP contribution < -0.4 is 10.6 Å². The molecular weight excluding hydrogens is 294 g/mol. The SMILES string of the molecule is CNC(=O)CN1CCC(NC(=O)c2n[nH]c3ccccc23)CC1. The van der Waals surface area contributed by atoms with Gasteiger partial charge in [0.15, 0.2) is 5.69 Å². The lowest BCUT2D eigenvalue weighted by Crippen LogP contribution is -2.47. The lowest BCUT2D eigenvalue weighted by Gasteiger charge is -2.31. The van der Waals surface area contributed by atoms with Gasteiger partial charge in [-0.15, -0.1) is 0 Å². The molecule has 2 amide bonds. The summed E-state index contributed by atoms with van der Waals surface area (Å²) in [6.07, 6.45) is 1.68. The van der Waals surface area contributed by atoms with E-state index in [2.05, 4.69) is 25.7 Å². The zero-order chi connectivity index (χ0) is 16.2. The Labute approximate surface area is 134 Å². The number of H-pyrrole nitrogens is 1. The molecule has 1 aromatic carbocycles. The Hall–Kier alpha value is -2.41. The second-order valence-electron chi connectivity index (χ2n) is 5.81. The van der Waals surface area contributed by atoms with Crippen LogP contribution in [0.15, 0.2) is 24.3 Å². The van der Waals surface area contributed by atoms with Crippen molar-refractivity contribution >= 4 is 22.7 Å².